The minimum atomic E-state index is 0.134. The smallest absolute Gasteiger partial charge is 0.236 e. The van der Waals surface area contributed by atoms with E-state index in [1.807, 2.05) is 42.8 Å². The maximum Gasteiger partial charge on any atom is 0.236 e. The number of phenols is 1. The minimum Gasteiger partial charge on any atom is -0.506 e. The summed E-state index contributed by atoms with van der Waals surface area (Å²) in [7, 11) is 1.91. The van der Waals surface area contributed by atoms with Crippen molar-refractivity contribution in [2.45, 2.75) is 20.4 Å². The van der Waals surface area contributed by atoms with Gasteiger partial charge >= 0.3 is 0 Å². The summed E-state index contributed by atoms with van der Waals surface area (Å²) in [6.45, 7) is 6.46. The van der Waals surface area contributed by atoms with Crippen LogP contribution in [0.1, 0.15) is 19.4 Å². The van der Waals surface area contributed by atoms with E-state index >= 15 is 0 Å². The van der Waals surface area contributed by atoms with E-state index in [0.717, 1.165) is 18.7 Å². The Hall–Kier alpha value is -0.590. The molecule has 0 spiro atoms. The van der Waals surface area contributed by atoms with Crippen molar-refractivity contribution in [3.05, 3.63) is 26.6 Å². The van der Waals surface area contributed by atoms with Gasteiger partial charge in [0.05, 0.1) is 15.5 Å². The molecule has 0 atom stereocenters. The molecule has 0 aliphatic carbocycles. The molecule has 0 aliphatic heterocycles. The van der Waals surface area contributed by atoms with Gasteiger partial charge in [-0.25, -0.2) is 0 Å². The first-order valence-corrected chi connectivity index (χ1v) is 8.10. The molecule has 4 nitrogen and oxygen atoms in total. The number of hydrogen-bond donors (Lipinski definition) is 1. The third-order valence-corrected chi connectivity index (χ3v) is 4.26. The molecule has 0 bridgehead atoms. The van der Waals surface area contributed by atoms with Crippen molar-refractivity contribution in [2.24, 2.45) is 0 Å². The molecule has 1 amide bonds. The topological polar surface area (TPSA) is 43.8 Å². The lowest BCUT2D eigenvalue weighted by molar-refractivity contribution is -0.131. The van der Waals surface area contributed by atoms with Crippen LogP contribution in [0.5, 0.6) is 5.75 Å². The van der Waals surface area contributed by atoms with Gasteiger partial charge in [0, 0.05) is 19.6 Å². The summed E-state index contributed by atoms with van der Waals surface area (Å²) in [6, 6.07) is 3.72. The third-order valence-electron chi connectivity index (χ3n) is 3.05. The SMILES string of the molecule is CCN(CC)C(=O)CN(C)Cc1cc(Br)c(O)c(Br)c1. The number of rotatable bonds is 6. The lowest BCUT2D eigenvalue weighted by atomic mass is 10.2. The van der Waals surface area contributed by atoms with E-state index in [2.05, 4.69) is 31.9 Å². The molecule has 1 aromatic rings. The summed E-state index contributed by atoms with van der Waals surface area (Å²) in [5.41, 5.74) is 1.02. The highest BCUT2D eigenvalue weighted by molar-refractivity contribution is 9.11. The molecule has 0 aliphatic rings. The lowest BCUT2D eigenvalue weighted by Gasteiger charge is -2.23. The Kier molecular flexibility index (Phi) is 6.99. The van der Waals surface area contributed by atoms with Gasteiger partial charge in [0.2, 0.25) is 5.91 Å². The maximum absolute atomic E-state index is 12.0. The Balaban J connectivity index is 2.67. The Morgan fingerprint density at radius 3 is 2.15 bits per heavy atom. The number of hydrogen-bond acceptors (Lipinski definition) is 3. The zero-order valence-corrected chi connectivity index (χ0v) is 15.2. The Morgan fingerprint density at radius 2 is 1.70 bits per heavy atom. The predicted molar refractivity (Wildman–Crippen MR) is 87.8 cm³/mol. The Labute approximate surface area is 137 Å². The van der Waals surface area contributed by atoms with Crippen molar-refractivity contribution in [1.82, 2.24) is 9.80 Å². The summed E-state index contributed by atoms with van der Waals surface area (Å²) >= 11 is 6.62. The molecule has 0 heterocycles. The summed E-state index contributed by atoms with van der Waals surface area (Å²) in [4.78, 5) is 15.8. The molecule has 6 heteroatoms. The van der Waals surface area contributed by atoms with Gasteiger partial charge in [0.15, 0.2) is 0 Å². The number of likely N-dealkylation sites (N-methyl/N-ethyl adjacent to an activating group) is 2. The van der Waals surface area contributed by atoms with Crippen LogP contribution in [0, 0.1) is 0 Å². The van der Waals surface area contributed by atoms with Crippen LogP contribution in [0.25, 0.3) is 0 Å². The van der Waals surface area contributed by atoms with Gasteiger partial charge in [-0.1, -0.05) is 0 Å². The Bertz CT molecular complexity index is 453. The molecule has 112 valence electrons. The van der Waals surface area contributed by atoms with E-state index in [-0.39, 0.29) is 11.7 Å². The van der Waals surface area contributed by atoms with Crippen LogP contribution in [0.4, 0.5) is 0 Å². The second-order valence-corrected chi connectivity index (χ2v) is 6.36. The summed E-state index contributed by atoms with van der Waals surface area (Å²) in [6.07, 6.45) is 0. The maximum atomic E-state index is 12.0. The largest absolute Gasteiger partial charge is 0.506 e. The van der Waals surface area contributed by atoms with Gasteiger partial charge in [0.1, 0.15) is 5.75 Å². The monoisotopic (exact) mass is 406 g/mol. The third kappa shape index (κ3) is 4.75. The van der Waals surface area contributed by atoms with E-state index in [1.165, 1.54) is 0 Å². The quantitative estimate of drug-likeness (QED) is 0.787. The van der Waals surface area contributed by atoms with E-state index < -0.39 is 0 Å². The molecule has 1 rings (SSSR count). The molecule has 1 N–H and O–H groups in total. The van der Waals surface area contributed by atoms with Gasteiger partial charge in [-0.15, -0.1) is 0 Å². The van der Waals surface area contributed by atoms with Crippen LogP contribution in [0.2, 0.25) is 0 Å². The number of nitrogens with zero attached hydrogens (tertiary/aromatic N) is 2. The summed E-state index contributed by atoms with van der Waals surface area (Å²) < 4.78 is 1.29. The zero-order chi connectivity index (χ0) is 15.3. The standard InChI is InChI=1S/C14H20Br2N2O2/c1-4-18(5-2)13(19)9-17(3)8-10-6-11(15)14(20)12(16)7-10/h6-7,20H,4-5,8-9H2,1-3H3. The lowest BCUT2D eigenvalue weighted by Crippen LogP contribution is -2.38. The fourth-order valence-corrected chi connectivity index (χ4v) is 3.27. The molecule has 0 saturated carbocycles. The van der Waals surface area contributed by atoms with Crippen LogP contribution >= 0.6 is 31.9 Å². The first-order valence-electron chi connectivity index (χ1n) is 6.52. The average Bonchev–Trinajstić information content (AvgIpc) is 2.37. The average molecular weight is 408 g/mol. The van der Waals surface area contributed by atoms with Gasteiger partial charge in [-0.2, -0.15) is 0 Å². The van der Waals surface area contributed by atoms with Crippen LogP contribution < -0.4 is 0 Å². The van der Waals surface area contributed by atoms with Crippen molar-refractivity contribution < 1.29 is 9.90 Å². The number of halogens is 2. The predicted octanol–water partition coefficient (Wildman–Crippen LogP) is 3.22. The van der Waals surface area contributed by atoms with Crippen LogP contribution in [0.15, 0.2) is 21.1 Å². The number of benzene rings is 1. The van der Waals surface area contributed by atoms with Crippen molar-refractivity contribution in [3.63, 3.8) is 0 Å². The second-order valence-electron chi connectivity index (χ2n) is 4.65. The molecular formula is C14H20Br2N2O2. The molecule has 0 saturated heterocycles. The van der Waals surface area contributed by atoms with E-state index in [0.29, 0.717) is 22.0 Å². The fraction of sp³-hybridized carbons (Fsp3) is 0.500. The first-order chi connectivity index (χ1) is 9.38. The van der Waals surface area contributed by atoms with Gasteiger partial charge in [0.25, 0.3) is 0 Å². The second kappa shape index (κ2) is 8.00. The zero-order valence-electron chi connectivity index (χ0n) is 12.0. The van der Waals surface area contributed by atoms with Crippen molar-refractivity contribution >= 4 is 37.8 Å². The highest BCUT2D eigenvalue weighted by Gasteiger charge is 2.13. The highest BCUT2D eigenvalue weighted by Crippen LogP contribution is 2.33. The van der Waals surface area contributed by atoms with Gasteiger partial charge < -0.3 is 10.0 Å². The number of aromatic hydroxyl groups is 1. The summed E-state index contributed by atoms with van der Waals surface area (Å²) in [5.74, 6) is 0.324. The molecule has 0 fully saturated rings. The van der Waals surface area contributed by atoms with Gasteiger partial charge in [-0.05, 0) is 70.5 Å². The number of amides is 1. The summed E-state index contributed by atoms with van der Waals surface area (Å²) in [5, 5.41) is 9.68. The van der Waals surface area contributed by atoms with E-state index in [1.54, 1.807) is 0 Å². The van der Waals surface area contributed by atoms with Crippen LogP contribution in [0.3, 0.4) is 0 Å². The van der Waals surface area contributed by atoms with Crippen molar-refractivity contribution in [2.75, 3.05) is 26.7 Å². The molecule has 0 radical (unpaired) electrons. The number of carbonyl (C=O) groups excluding carboxylic acids is 1. The normalized spacial score (nSPS) is 10.9. The molecular weight excluding hydrogens is 388 g/mol. The molecule has 0 aromatic heterocycles. The Morgan fingerprint density at radius 1 is 1.20 bits per heavy atom. The van der Waals surface area contributed by atoms with Gasteiger partial charge in [-0.3, -0.25) is 9.69 Å². The fourth-order valence-electron chi connectivity index (χ4n) is 1.98. The molecule has 1 aromatic carbocycles. The minimum absolute atomic E-state index is 0.134. The number of phenolic OH excluding ortho intramolecular Hbond substituents is 1. The van der Waals surface area contributed by atoms with Crippen molar-refractivity contribution in [1.29, 1.82) is 0 Å². The molecule has 0 unspecified atom stereocenters. The van der Waals surface area contributed by atoms with Crippen LogP contribution in [-0.2, 0) is 11.3 Å². The highest BCUT2D eigenvalue weighted by atomic mass is 79.9. The first kappa shape index (κ1) is 17.5. The van der Waals surface area contributed by atoms with E-state index in [9.17, 15) is 9.90 Å². The van der Waals surface area contributed by atoms with E-state index in [4.69, 9.17) is 0 Å². The number of carbonyl (C=O) groups is 1. The molecule has 20 heavy (non-hydrogen) atoms. The van der Waals surface area contributed by atoms with Crippen molar-refractivity contribution in [3.8, 4) is 5.75 Å². The van der Waals surface area contributed by atoms with Crippen LogP contribution in [-0.4, -0.2) is 47.5 Å².